The number of anilines is 3. The van der Waals surface area contributed by atoms with Gasteiger partial charge in [-0.1, -0.05) is 30.3 Å². The molecule has 0 heterocycles. The number of amides is 2. The van der Waals surface area contributed by atoms with Crippen LogP contribution in [0.2, 0.25) is 0 Å². The Morgan fingerprint density at radius 3 is 2.30 bits per heavy atom. The zero-order valence-electron chi connectivity index (χ0n) is 18.0. The molecule has 0 aliphatic carbocycles. The number of nitrogens with one attached hydrogen (secondary N) is 3. The lowest BCUT2D eigenvalue weighted by Gasteiger charge is -2.11. The SMILES string of the molecule is COc1cccc(NC(=O)c2ccccc2NC(=O)C=Cc2ccc(NS(C)(=O)=O)cc2)c1. The first kappa shape index (κ1) is 23.6. The van der Waals surface area contributed by atoms with Crippen molar-refractivity contribution >= 4 is 45.0 Å². The van der Waals surface area contributed by atoms with Crippen molar-refractivity contribution < 1.29 is 22.7 Å². The van der Waals surface area contributed by atoms with Crippen molar-refractivity contribution in [2.45, 2.75) is 0 Å². The smallest absolute Gasteiger partial charge is 0.257 e. The van der Waals surface area contributed by atoms with Gasteiger partial charge in [0.15, 0.2) is 0 Å². The number of rotatable bonds is 8. The first-order valence-electron chi connectivity index (χ1n) is 9.85. The van der Waals surface area contributed by atoms with Crippen molar-refractivity contribution in [3.8, 4) is 5.75 Å². The van der Waals surface area contributed by atoms with Gasteiger partial charge in [0.1, 0.15) is 5.75 Å². The topological polar surface area (TPSA) is 114 Å². The van der Waals surface area contributed by atoms with E-state index in [0.717, 1.165) is 6.26 Å². The summed E-state index contributed by atoms with van der Waals surface area (Å²) >= 11 is 0. The zero-order chi connectivity index (χ0) is 23.8. The van der Waals surface area contributed by atoms with Crippen LogP contribution in [0.5, 0.6) is 5.75 Å². The van der Waals surface area contributed by atoms with Crippen LogP contribution in [-0.4, -0.2) is 33.6 Å². The average Bonchev–Trinajstić information content (AvgIpc) is 2.78. The Morgan fingerprint density at radius 1 is 0.879 bits per heavy atom. The molecule has 170 valence electrons. The van der Waals surface area contributed by atoms with Crippen LogP contribution in [0.3, 0.4) is 0 Å². The Morgan fingerprint density at radius 2 is 1.61 bits per heavy atom. The zero-order valence-corrected chi connectivity index (χ0v) is 18.8. The standard InChI is InChI=1S/C24H23N3O5S/c1-32-20-7-5-6-19(16-20)25-24(29)21-8-3-4-9-22(21)26-23(28)15-12-17-10-13-18(14-11-17)27-33(2,30)31/h3-16,27H,1-2H3,(H,25,29)(H,26,28). The third-order valence-electron chi connectivity index (χ3n) is 4.40. The second-order valence-corrected chi connectivity index (χ2v) is 8.80. The molecule has 0 bridgehead atoms. The van der Waals surface area contributed by atoms with Gasteiger partial charge in [-0.2, -0.15) is 0 Å². The van der Waals surface area contributed by atoms with Crippen LogP contribution < -0.4 is 20.1 Å². The van der Waals surface area contributed by atoms with Crippen molar-refractivity contribution in [2.24, 2.45) is 0 Å². The highest BCUT2D eigenvalue weighted by Gasteiger charge is 2.13. The Labute approximate surface area is 192 Å². The summed E-state index contributed by atoms with van der Waals surface area (Å²) in [7, 11) is -1.81. The molecule has 33 heavy (non-hydrogen) atoms. The molecule has 3 aromatic rings. The number of ether oxygens (including phenoxy) is 1. The van der Waals surface area contributed by atoms with Gasteiger partial charge in [-0.05, 0) is 48.0 Å². The molecule has 9 heteroatoms. The van der Waals surface area contributed by atoms with Gasteiger partial charge < -0.3 is 15.4 Å². The molecule has 3 rings (SSSR count). The molecule has 0 saturated carbocycles. The monoisotopic (exact) mass is 465 g/mol. The molecule has 0 saturated heterocycles. The van der Waals surface area contributed by atoms with Crippen molar-refractivity contribution in [3.05, 3.63) is 90.0 Å². The lowest BCUT2D eigenvalue weighted by molar-refractivity contribution is -0.111. The largest absolute Gasteiger partial charge is 0.497 e. The highest BCUT2D eigenvalue weighted by Crippen LogP contribution is 2.20. The average molecular weight is 466 g/mol. The highest BCUT2D eigenvalue weighted by molar-refractivity contribution is 7.92. The number of benzene rings is 3. The van der Waals surface area contributed by atoms with E-state index in [0.29, 0.717) is 33.9 Å². The molecule has 0 aliphatic rings. The molecular formula is C24H23N3O5S. The van der Waals surface area contributed by atoms with Gasteiger partial charge in [0.2, 0.25) is 15.9 Å². The van der Waals surface area contributed by atoms with Crippen molar-refractivity contribution in [3.63, 3.8) is 0 Å². The minimum atomic E-state index is -3.36. The Balaban J connectivity index is 1.67. The van der Waals surface area contributed by atoms with E-state index in [1.807, 2.05) is 0 Å². The number of hydrogen-bond acceptors (Lipinski definition) is 5. The maximum Gasteiger partial charge on any atom is 0.257 e. The van der Waals surface area contributed by atoms with Gasteiger partial charge in [-0.15, -0.1) is 0 Å². The number of methoxy groups -OCH3 is 1. The first-order chi connectivity index (χ1) is 15.7. The highest BCUT2D eigenvalue weighted by atomic mass is 32.2. The van der Waals surface area contributed by atoms with E-state index in [-0.39, 0.29) is 5.91 Å². The summed E-state index contributed by atoms with van der Waals surface area (Å²) in [5, 5.41) is 5.50. The number of carbonyl (C=O) groups is 2. The second kappa shape index (κ2) is 10.5. The summed E-state index contributed by atoms with van der Waals surface area (Å²) in [6.07, 6.45) is 3.98. The molecule has 3 N–H and O–H groups in total. The van der Waals surface area contributed by atoms with Crippen LogP contribution in [0.4, 0.5) is 17.1 Å². The summed E-state index contributed by atoms with van der Waals surface area (Å²) in [6, 6.07) is 20.2. The van der Waals surface area contributed by atoms with Crippen LogP contribution in [0.15, 0.2) is 78.9 Å². The molecular weight excluding hydrogens is 442 g/mol. The Hall–Kier alpha value is -4.11. The third kappa shape index (κ3) is 7.22. The molecule has 3 aromatic carbocycles. The van der Waals surface area contributed by atoms with Gasteiger partial charge in [0, 0.05) is 23.5 Å². The molecule has 2 amide bonds. The summed E-state index contributed by atoms with van der Waals surface area (Å²) in [6.45, 7) is 0. The van der Waals surface area contributed by atoms with Crippen molar-refractivity contribution in [2.75, 3.05) is 28.7 Å². The second-order valence-electron chi connectivity index (χ2n) is 7.05. The normalized spacial score (nSPS) is 11.1. The molecule has 0 radical (unpaired) electrons. The Bertz CT molecular complexity index is 1290. The molecule has 0 unspecified atom stereocenters. The third-order valence-corrected chi connectivity index (χ3v) is 5.00. The van der Waals surface area contributed by atoms with E-state index in [1.165, 1.54) is 6.08 Å². The van der Waals surface area contributed by atoms with Gasteiger partial charge in [-0.25, -0.2) is 8.42 Å². The number of para-hydroxylation sites is 1. The summed E-state index contributed by atoms with van der Waals surface area (Å²) in [4.78, 5) is 25.2. The van der Waals surface area contributed by atoms with Gasteiger partial charge >= 0.3 is 0 Å². The maximum absolute atomic E-state index is 12.8. The van der Waals surface area contributed by atoms with E-state index < -0.39 is 15.9 Å². The fourth-order valence-electron chi connectivity index (χ4n) is 2.91. The molecule has 0 spiro atoms. The van der Waals surface area contributed by atoms with Crippen molar-refractivity contribution in [1.82, 2.24) is 0 Å². The number of carbonyl (C=O) groups excluding carboxylic acids is 2. The quantitative estimate of drug-likeness (QED) is 0.436. The lowest BCUT2D eigenvalue weighted by Crippen LogP contribution is -2.17. The minimum Gasteiger partial charge on any atom is -0.497 e. The Kier molecular flexibility index (Phi) is 7.47. The molecule has 8 nitrogen and oxygen atoms in total. The molecule has 0 aliphatic heterocycles. The van der Waals surface area contributed by atoms with E-state index in [1.54, 1.807) is 86.0 Å². The molecule has 0 aromatic heterocycles. The van der Waals surface area contributed by atoms with E-state index in [9.17, 15) is 18.0 Å². The molecule has 0 fully saturated rings. The fraction of sp³-hybridized carbons (Fsp3) is 0.0833. The van der Waals surface area contributed by atoms with Crippen LogP contribution in [0, 0.1) is 0 Å². The van der Waals surface area contributed by atoms with Crippen LogP contribution in [0.1, 0.15) is 15.9 Å². The van der Waals surface area contributed by atoms with Crippen molar-refractivity contribution in [1.29, 1.82) is 0 Å². The minimum absolute atomic E-state index is 0.304. The van der Waals surface area contributed by atoms with Gasteiger partial charge in [0.05, 0.1) is 24.6 Å². The summed E-state index contributed by atoms with van der Waals surface area (Å²) < 4.78 is 30.1. The van der Waals surface area contributed by atoms with Crippen LogP contribution in [-0.2, 0) is 14.8 Å². The van der Waals surface area contributed by atoms with Crippen LogP contribution >= 0.6 is 0 Å². The van der Waals surface area contributed by atoms with E-state index in [4.69, 9.17) is 4.74 Å². The summed E-state index contributed by atoms with van der Waals surface area (Å²) in [5.74, 6) is -0.188. The van der Waals surface area contributed by atoms with E-state index in [2.05, 4.69) is 15.4 Å². The van der Waals surface area contributed by atoms with Gasteiger partial charge in [-0.3, -0.25) is 14.3 Å². The van der Waals surface area contributed by atoms with Crippen LogP contribution in [0.25, 0.3) is 6.08 Å². The predicted molar refractivity (Wildman–Crippen MR) is 130 cm³/mol. The molecule has 0 atom stereocenters. The lowest BCUT2D eigenvalue weighted by atomic mass is 10.1. The fourth-order valence-corrected chi connectivity index (χ4v) is 3.48. The van der Waals surface area contributed by atoms with E-state index >= 15 is 0 Å². The number of hydrogen-bond donors (Lipinski definition) is 3. The maximum atomic E-state index is 12.8. The summed E-state index contributed by atoms with van der Waals surface area (Å²) in [5.41, 5.74) is 2.36. The predicted octanol–water partition coefficient (Wildman–Crippen LogP) is 3.97. The van der Waals surface area contributed by atoms with Gasteiger partial charge in [0.25, 0.3) is 5.91 Å². The first-order valence-corrected chi connectivity index (χ1v) is 11.7. The number of sulfonamides is 1.